The first-order valence-corrected chi connectivity index (χ1v) is 7.69. The summed E-state index contributed by atoms with van der Waals surface area (Å²) < 4.78 is 0. The van der Waals surface area contributed by atoms with E-state index >= 15 is 0 Å². The van der Waals surface area contributed by atoms with Gasteiger partial charge in [-0.3, -0.25) is 4.79 Å². The molecular weight excluding hydrogens is 248 g/mol. The Balaban J connectivity index is 2.31. The molecule has 2 heteroatoms. The molecule has 1 aliphatic rings. The Kier molecular flexibility index (Phi) is 4.33. The van der Waals surface area contributed by atoms with Crippen molar-refractivity contribution in [3.8, 4) is 0 Å². The molecule has 20 heavy (non-hydrogen) atoms. The third-order valence-corrected chi connectivity index (χ3v) is 4.84. The van der Waals surface area contributed by atoms with Crippen LogP contribution in [0.2, 0.25) is 0 Å². The van der Waals surface area contributed by atoms with Crippen LogP contribution < -0.4 is 0 Å². The Bertz CT molecular complexity index is 487. The van der Waals surface area contributed by atoms with Crippen LogP contribution in [0.5, 0.6) is 0 Å². The summed E-state index contributed by atoms with van der Waals surface area (Å²) in [6, 6.07) is 4.11. The first-order chi connectivity index (χ1) is 9.35. The normalized spacial score (nSPS) is 19.6. The van der Waals surface area contributed by atoms with Gasteiger partial charge in [-0.15, -0.1) is 0 Å². The van der Waals surface area contributed by atoms with E-state index in [9.17, 15) is 9.90 Å². The smallest absolute Gasteiger partial charge is 0.169 e. The zero-order valence-electron chi connectivity index (χ0n) is 13.1. The lowest BCUT2D eigenvalue weighted by Crippen LogP contribution is -2.42. The number of rotatable bonds is 3. The Morgan fingerprint density at radius 3 is 2.10 bits per heavy atom. The lowest BCUT2D eigenvalue weighted by molar-refractivity contribution is -0.0333. The minimum Gasteiger partial charge on any atom is -0.389 e. The maximum atomic E-state index is 12.8. The van der Waals surface area contributed by atoms with Gasteiger partial charge in [0.05, 0.1) is 5.60 Å². The van der Waals surface area contributed by atoms with E-state index in [1.807, 2.05) is 27.7 Å². The van der Waals surface area contributed by atoms with Gasteiger partial charge < -0.3 is 5.11 Å². The summed E-state index contributed by atoms with van der Waals surface area (Å²) in [6.07, 6.45) is 4.74. The maximum absolute atomic E-state index is 12.8. The van der Waals surface area contributed by atoms with Crippen LogP contribution in [-0.4, -0.2) is 16.5 Å². The molecule has 0 heterocycles. The lowest BCUT2D eigenvalue weighted by atomic mass is 9.73. The van der Waals surface area contributed by atoms with Crippen LogP contribution in [-0.2, 0) is 0 Å². The molecule has 1 aromatic rings. The van der Waals surface area contributed by atoms with Crippen LogP contribution in [0.1, 0.15) is 66.1 Å². The van der Waals surface area contributed by atoms with Gasteiger partial charge >= 0.3 is 0 Å². The molecule has 0 amide bonds. The highest BCUT2D eigenvalue weighted by molar-refractivity contribution is 6.01. The molecule has 0 aliphatic heterocycles. The fourth-order valence-electron chi connectivity index (χ4n) is 3.63. The van der Waals surface area contributed by atoms with Gasteiger partial charge in [-0.1, -0.05) is 43.9 Å². The number of aliphatic hydroxyl groups is 1. The highest BCUT2D eigenvalue weighted by Crippen LogP contribution is 2.36. The SMILES string of the molecule is Cc1cc(C)c(C(=O)C(C)C2(O)CCCCC2)c(C)c1. The summed E-state index contributed by atoms with van der Waals surface area (Å²) >= 11 is 0. The molecule has 1 saturated carbocycles. The molecule has 1 aliphatic carbocycles. The monoisotopic (exact) mass is 274 g/mol. The molecule has 0 bridgehead atoms. The molecule has 1 aromatic carbocycles. The van der Waals surface area contributed by atoms with Crippen molar-refractivity contribution in [3.05, 3.63) is 34.4 Å². The van der Waals surface area contributed by atoms with Crippen LogP contribution in [0.15, 0.2) is 12.1 Å². The minimum absolute atomic E-state index is 0.101. The highest BCUT2D eigenvalue weighted by atomic mass is 16.3. The Morgan fingerprint density at radius 1 is 1.10 bits per heavy atom. The van der Waals surface area contributed by atoms with Crippen molar-refractivity contribution in [2.24, 2.45) is 5.92 Å². The first kappa shape index (κ1) is 15.2. The van der Waals surface area contributed by atoms with Gasteiger partial charge in [0.2, 0.25) is 0 Å². The van der Waals surface area contributed by atoms with E-state index in [1.54, 1.807) is 0 Å². The topological polar surface area (TPSA) is 37.3 Å². The molecule has 0 aromatic heterocycles. The molecular formula is C18H26O2. The van der Waals surface area contributed by atoms with Crippen molar-refractivity contribution in [1.82, 2.24) is 0 Å². The second kappa shape index (κ2) is 5.69. The van der Waals surface area contributed by atoms with E-state index in [2.05, 4.69) is 12.1 Å². The summed E-state index contributed by atoms with van der Waals surface area (Å²) in [5, 5.41) is 10.8. The Labute approximate surface area is 122 Å². The predicted molar refractivity (Wildman–Crippen MR) is 82.2 cm³/mol. The summed E-state index contributed by atoms with van der Waals surface area (Å²) in [4.78, 5) is 12.8. The molecule has 1 unspecified atom stereocenters. The molecule has 0 saturated heterocycles. The lowest BCUT2D eigenvalue weighted by Gasteiger charge is -2.37. The van der Waals surface area contributed by atoms with Gasteiger partial charge in [-0.2, -0.15) is 0 Å². The summed E-state index contributed by atoms with van der Waals surface area (Å²) in [5.74, 6) is -0.215. The fraction of sp³-hybridized carbons (Fsp3) is 0.611. The molecule has 1 fully saturated rings. The Morgan fingerprint density at radius 2 is 1.60 bits per heavy atom. The molecule has 1 N–H and O–H groups in total. The zero-order valence-corrected chi connectivity index (χ0v) is 13.1. The van der Waals surface area contributed by atoms with E-state index in [0.717, 1.165) is 42.4 Å². The number of ketones is 1. The summed E-state index contributed by atoms with van der Waals surface area (Å²) in [7, 11) is 0. The second-order valence-electron chi connectivity index (χ2n) is 6.52. The molecule has 0 radical (unpaired) electrons. The standard InChI is InChI=1S/C18H26O2/c1-12-10-13(2)16(14(3)11-12)17(19)15(4)18(20)8-6-5-7-9-18/h10-11,15,20H,5-9H2,1-4H3. The molecule has 2 nitrogen and oxygen atoms in total. The largest absolute Gasteiger partial charge is 0.389 e. The minimum atomic E-state index is -0.806. The van der Waals surface area contributed by atoms with Crippen LogP contribution in [0, 0.1) is 26.7 Å². The van der Waals surface area contributed by atoms with Crippen molar-refractivity contribution >= 4 is 5.78 Å². The molecule has 2 rings (SSSR count). The number of benzene rings is 1. The number of carbonyl (C=O) groups excluding carboxylic acids is 1. The van der Waals surface area contributed by atoms with E-state index in [0.29, 0.717) is 0 Å². The first-order valence-electron chi connectivity index (χ1n) is 7.69. The van der Waals surface area contributed by atoms with Gasteiger partial charge in [0, 0.05) is 11.5 Å². The molecule has 0 spiro atoms. The van der Waals surface area contributed by atoms with Gasteiger partial charge in [0.1, 0.15) is 0 Å². The zero-order chi connectivity index (χ0) is 14.9. The van der Waals surface area contributed by atoms with E-state index in [1.165, 1.54) is 12.0 Å². The molecule has 1 atom stereocenters. The van der Waals surface area contributed by atoms with Gasteiger partial charge in [0.25, 0.3) is 0 Å². The van der Waals surface area contributed by atoms with Crippen molar-refractivity contribution in [3.63, 3.8) is 0 Å². The van der Waals surface area contributed by atoms with E-state index in [-0.39, 0.29) is 11.7 Å². The Hall–Kier alpha value is -1.15. The van der Waals surface area contributed by atoms with Gasteiger partial charge in [0.15, 0.2) is 5.78 Å². The third-order valence-electron chi connectivity index (χ3n) is 4.84. The quantitative estimate of drug-likeness (QED) is 0.842. The van der Waals surface area contributed by atoms with Crippen LogP contribution in [0.25, 0.3) is 0 Å². The third kappa shape index (κ3) is 2.80. The summed E-state index contributed by atoms with van der Waals surface area (Å²) in [5.41, 5.74) is 3.24. The summed E-state index contributed by atoms with van der Waals surface area (Å²) in [6.45, 7) is 7.93. The number of hydrogen-bond donors (Lipinski definition) is 1. The van der Waals surface area contributed by atoms with Gasteiger partial charge in [-0.05, 0) is 44.7 Å². The maximum Gasteiger partial charge on any atom is 0.169 e. The molecule has 110 valence electrons. The van der Waals surface area contributed by atoms with Crippen LogP contribution >= 0.6 is 0 Å². The van der Waals surface area contributed by atoms with Crippen LogP contribution in [0.4, 0.5) is 0 Å². The predicted octanol–water partition coefficient (Wildman–Crippen LogP) is 4.13. The second-order valence-corrected chi connectivity index (χ2v) is 6.52. The highest BCUT2D eigenvalue weighted by Gasteiger charge is 2.39. The average molecular weight is 274 g/mol. The van der Waals surface area contributed by atoms with Crippen LogP contribution in [0.3, 0.4) is 0 Å². The van der Waals surface area contributed by atoms with Crippen molar-refractivity contribution in [1.29, 1.82) is 0 Å². The van der Waals surface area contributed by atoms with Gasteiger partial charge in [-0.25, -0.2) is 0 Å². The number of Topliss-reactive ketones (excluding diaryl/α,β-unsaturated/α-hetero) is 1. The van der Waals surface area contributed by atoms with Crippen molar-refractivity contribution < 1.29 is 9.90 Å². The van der Waals surface area contributed by atoms with Crippen molar-refractivity contribution in [2.75, 3.05) is 0 Å². The number of carbonyl (C=O) groups is 1. The van der Waals surface area contributed by atoms with Crippen molar-refractivity contribution in [2.45, 2.75) is 65.4 Å². The fourth-order valence-corrected chi connectivity index (χ4v) is 3.63. The number of aryl methyl sites for hydroxylation is 3. The van der Waals surface area contributed by atoms with E-state index < -0.39 is 5.60 Å². The number of hydrogen-bond acceptors (Lipinski definition) is 2. The van der Waals surface area contributed by atoms with E-state index in [4.69, 9.17) is 0 Å². The average Bonchev–Trinajstić information content (AvgIpc) is 2.37.